The predicted molar refractivity (Wildman–Crippen MR) is 79.0 cm³/mol. The second kappa shape index (κ2) is 9.10. The van der Waals surface area contributed by atoms with Crippen LogP contribution in [0.25, 0.3) is 0 Å². The summed E-state index contributed by atoms with van der Waals surface area (Å²) in [4.78, 5) is 25.7. The number of hydrogen-bond donors (Lipinski definition) is 1. The van der Waals surface area contributed by atoms with Gasteiger partial charge in [0, 0.05) is 19.5 Å². The summed E-state index contributed by atoms with van der Waals surface area (Å²) < 4.78 is 37.5. The maximum Gasteiger partial charge on any atom is 0.406 e. The van der Waals surface area contributed by atoms with Crippen molar-refractivity contribution in [3.8, 4) is 0 Å². The number of nitrogens with zero attached hydrogens (tertiary/aromatic N) is 2. The summed E-state index contributed by atoms with van der Waals surface area (Å²) in [6, 6.07) is 0. The van der Waals surface area contributed by atoms with E-state index in [4.69, 9.17) is 5.11 Å². The summed E-state index contributed by atoms with van der Waals surface area (Å²) in [6.45, 7) is 2.35. The number of hydrogen-bond acceptors (Lipinski definition) is 3. The predicted octanol–water partition coefficient (Wildman–Crippen LogP) is 2.36. The first-order valence-corrected chi connectivity index (χ1v) is 8.02. The molecule has 0 aromatic rings. The van der Waals surface area contributed by atoms with Crippen LogP contribution in [0.4, 0.5) is 13.2 Å². The molecule has 134 valence electrons. The summed E-state index contributed by atoms with van der Waals surface area (Å²) in [7, 11) is 0. The van der Waals surface area contributed by atoms with Gasteiger partial charge in [0.2, 0.25) is 5.91 Å². The van der Waals surface area contributed by atoms with Gasteiger partial charge in [-0.3, -0.25) is 9.59 Å². The quantitative estimate of drug-likeness (QED) is 0.690. The molecule has 1 saturated heterocycles. The summed E-state index contributed by atoms with van der Waals surface area (Å²) in [5.74, 6) is -1.66. The van der Waals surface area contributed by atoms with E-state index in [-0.39, 0.29) is 13.0 Å². The van der Waals surface area contributed by atoms with Gasteiger partial charge in [0.25, 0.3) is 0 Å². The van der Waals surface area contributed by atoms with Crippen LogP contribution in [-0.4, -0.2) is 65.7 Å². The number of piperidine rings is 1. The molecule has 1 unspecified atom stereocenters. The van der Waals surface area contributed by atoms with Crippen molar-refractivity contribution in [3.05, 3.63) is 0 Å². The average Bonchev–Trinajstić information content (AvgIpc) is 2.47. The van der Waals surface area contributed by atoms with Crippen LogP contribution in [0.15, 0.2) is 0 Å². The van der Waals surface area contributed by atoms with Crippen molar-refractivity contribution in [1.29, 1.82) is 0 Å². The van der Waals surface area contributed by atoms with Gasteiger partial charge in [-0.25, -0.2) is 0 Å². The smallest absolute Gasteiger partial charge is 0.406 e. The number of rotatable bonds is 8. The number of likely N-dealkylation sites (tertiary alicyclic amines) is 1. The molecule has 0 saturated carbocycles. The summed E-state index contributed by atoms with van der Waals surface area (Å²) in [5, 5.41) is 8.59. The highest BCUT2D eigenvalue weighted by molar-refractivity contribution is 5.79. The SMILES string of the molecule is CCN(CC(F)(F)F)C(=O)C1CCCN(CCCCC(=O)O)C1. The van der Waals surface area contributed by atoms with Crippen LogP contribution in [0.3, 0.4) is 0 Å². The molecule has 1 N–H and O–H groups in total. The van der Waals surface area contributed by atoms with Gasteiger partial charge in [-0.1, -0.05) is 0 Å². The van der Waals surface area contributed by atoms with Gasteiger partial charge in [0.1, 0.15) is 6.54 Å². The van der Waals surface area contributed by atoms with E-state index < -0.39 is 30.5 Å². The fourth-order valence-corrected chi connectivity index (χ4v) is 2.89. The first-order chi connectivity index (χ1) is 10.7. The lowest BCUT2D eigenvalue weighted by Crippen LogP contribution is -2.47. The number of unbranched alkanes of at least 4 members (excludes halogenated alkanes) is 1. The van der Waals surface area contributed by atoms with Gasteiger partial charge in [-0.2, -0.15) is 13.2 Å². The Morgan fingerprint density at radius 1 is 1.30 bits per heavy atom. The van der Waals surface area contributed by atoms with Crippen molar-refractivity contribution < 1.29 is 27.9 Å². The third-order valence-electron chi connectivity index (χ3n) is 4.03. The van der Waals surface area contributed by atoms with Gasteiger partial charge in [0.15, 0.2) is 0 Å². The van der Waals surface area contributed by atoms with E-state index in [0.717, 1.165) is 17.9 Å². The van der Waals surface area contributed by atoms with Crippen molar-refractivity contribution in [2.75, 3.05) is 32.7 Å². The molecule has 5 nitrogen and oxygen atoms in total. The molecular formula is C15H25F3N2O3. The van der Waals surface area contributed by atoms with E-state index in [0.29, 0.717) is 32.4 Å². The molecule has 0 aromatic heterocycles. The first-order valence-electron chi connectivity index (χ1n) is 8.02. The normalized spacial score (nSPS) is 19.6. The number of carbonyl (C=O) groups excluding carboxylic acids is 1. The van der Waals surface area contributed by atoms with E-state index >= 15 is 0 Å². The van der Waals surface area contributed by atoms with Crippen LogP contribution < -0.4 is 0 Å². The molecule has 0 spiro atoms. The van der Waals surface area contributed by atoms with Gasteiger partial charge < -0.3 is 14.9 Å². The number of halogens is 3. The molecule has 23 heavy (non-hydrogen) atoms. The average molecular weight is 338 g/mol. The van der Waals surface area contributed by atoms with Crippen LogP contribution in [0, 0.1) is 5.92 Å². The lowest BCUT2D eigenvalue weighted by molar-refractivity contribution is -0.164. The molecule has 1 fully saturated rings. The molecule has 1 rings (SSSR count). The Labute approximate surface area is 134 Å². The van der Waals surface area contributed by atoms with E-state index in [2.05, 4.69) is 4.90 Å². The molecule has 0 aromatic carbocycles. The zero-order valence-electron chi connectivity index (χ0n) is 13.4. The fourth-order valence-electron chi connectivity index (χ4n) is 2.89. The van der Waals surface area contributed by atoms with Crippen molar-refractivity contribution in [1.82, 2.24) is 9.80 Å². The Kier molecular flexibility index (Phi) is 7.81. The fraction of sp³-hybridized carbons (Fsp3) is 0.867. The highest BCUT2D eigenvalue weighted by Gasteiger charge is 2.35. The minimum Gasteiger partial charge on any atom is -0.481 e. The summed E-state index contributed by atoms with van der Waals surface area (Å²) in [6.07, 6.45) is -1.59. The minimum atomic E-state index is -4.38. The van der Waals surface area contributed by atoms with E-state index in [9.17, 15) is 22.8 Å². The zero-order valence-corrected chi connectivity index (χ0v) is 13.4. The van der Waals surface area contributed by atoms with Gasteiger partial charge >= 0.3 is 12.1 Å². The van der Waals surface area contributed by atoms with Gasteiger partial charge in [-0.05, 0) is 45.7 Å². The number of aliphatic carboxylic acids is 1. The maximum absolute atomic E-state index is 12.5. The summed E-state index contributed by atoms with van der Waals surface area (Å²) >= 11 is 0. The highest BCUT2D eigenvalue weighted by atomic mass is 19.4. The standard InChI is InChI=1S/C15H25F3N2O3/c1-2-20(11-15(16,17)18)14(23)12-6-5-9-19(10-12)8-4-3-7-13(21)22/h12H,2-11H2,1H3,(H,21,22). The lowest BCUT2D eigenvalue weighted by atomic mass is 9.96. The van der Waals surface area contributed by atoms with E-state index in [1.54, 1.807) is 6.92 Å². The van der Waals surface area contributed by atoms with Crippen LogP contribution in [0.1, 0.15) is 39.0 Å². The second-order valence-corrected chi connectivity index (χ2v) is 5.96. The summed E-state index contributed by atoms with van der Waals surface area (Å²) in [5.41, 5.74) is 0. The molecular weight excluding hydrogens is 313 g/mol. The number of carbonyl (C=O) groups is 2. The number of amides is 1. The second-order valence-electron chi connectivity index (χ2n) is 5.96. The van der Waals surface area contributed by atoms with E-state index in [1.165, 1.54) is 0 Å². The third kappa shape index (κ3) is 7.67. The van der Waals surface area contributed by atoms with Crippen molar-refractivity contribution in [3.63, 3.8) is 0 Å². The van der Waals surface area contributed by atoms with Crippen molar-refractivity contribution in [2.24, 2.45) is 5.92 Å². The van der Waals surface area contributed by atoms with E-state index in [1.807, 2.05) is 0 Å². The molecule has 1 amide bonds. The van der Waals surface area contributed by atoms with Crippen LogP contribution in [0.2, 0.25) is 0 Å². The molecule has 0 bridgehead atoms. The van der Waals surface area contributed by atoms with Crippen LogP contribution >= 0.6 is 0 Å². The third-order valence-corrected chi connectivity index (χ3v) is 4.03. The van der Waals surface area contributed by atoms with Gasteiger partial charge in [0.05, 0.1) is 5.92 Å². The Balaban J connectivity index is 2.46. The number of carboxylic acids is 1. The molecule has 1 aliphatic rings. The van der Waals surface area contributed by atoms with Crippen LogP contribution in [-0.2, 0) is 9.59 Å². The molecule has 8 heteroatoms. The zero-order chi connectivity index (χ0) is 17.5. The monoisotopic (exact) mass is 338 g/mol. The van der Waals surface area contributed by atoms with Crippen molar-refractivity contribution in [2.45, 2.75) is 45.2 Å². The molecule has 1 aliphatic heterocycles. The highest BCUT2D eigenvalue weighted by Crippen LogP contribution is 2.22. The minimum absolute atomic E-state index is 0.0491. The molecule has 1 atom stereocenters. The maximum atomic E-state index is 12.5. The topological polar surface area (TPSA) is 60.9 Å². The molecule has 0 radical (unpaired) electrons. The Morgan fingerprint density at radius 2 is 2.00 bits per heavy atom. The Bertz CT molecular complexity index is 402. The largest absolute Gasteiger partial charge is 0.481 e. The first kappa shape index (κ1) is 19.7. The number of alkyl halides is 3. The van der Waals surface area contributed by atoms with Gasteiger partial charge in [-0.15, -0.1) is 0 Å². The lowest BCUT2D eigenvalue weighted by Gasteiger charge is -2.35. The Hall–Kier alpha value is -1.31. The Morgan fingerprint density at radius 3 is 2.57 bits per heavy atom. The molecule has 1 heterocycles. The van der Waals surface area contributed by atoms with Crippen molar-refractivity contribution >= 4 is 11.9 Å². The molecule has 0 aliphatic carbocycles. The number of carboxylic acid groups (broad SMARTS) is 1. The van der Waals surface area contributed by atoms with Crippen LogP contribution in [0.5, 0.6) is 0 Å².